The van der Waals surface area contributed by atoms with Crippen molar-refractivity contribution in [1.29, 1.82) is 0 Å². The number of aromatic amines is 1. The van der Waals surface area contributed by atoms with Crippen LogP contribution in [0.2, 0.25) is 0 Å². The molecule has 0 saturated carbocycles. The van der Waals surface area contributed by atoms with E-state index in [1.165, 1.54) is 0 Å². The summed E-state index contributed by atoms with van der Waals surface area (Å²) in [5.41, 5.74) is 1.75. The zero-order valence-electron chi connectivity index (χ0n) is 10.8. The van der Waals surface area contributed by atoms with Gasteiger partial charge < -0.3 is 14.8 Å². The summed E-state index contributed by atoms with van der Waals surface area (Å²) in [6.07, 6.45) is 1.80. The molecule has 5 nitrogen and oxygen atoms in total. The molecule has 0 spiro atoms. The van der Waals surface area contributed by atoms with Crippen LogP contribution in [0.5, 0.6) is 0 Å². The highest BCUT2D eigenvalue weighted by molar-refractivity contribution is 9.10. The van der Waals surface area contributed by atoms with Crippen molar-refractivity contribution in [2.45, 2.75) is 6.04 Å². The lowest BCUT2D eigenvalue weighted by Gasteiger charge is -2.31. The van der Waals surface area contributed by atoms with E-state index in [-0.39, 0.29) is 0 Å². The Bertz CT molecular complexity index is 634. The van der Waals surface area contributed by atoms with Crippen LogP contribution in [0.25, 0.3) is 10.9 Å². The van der Waals surface area contributed by atoms with E-state index in [4.69, 9.17) is 4.74 Å². The van der Waals surface area contributed by atoms with Crippen LogP contribution in [0, 0.1) is 0 Å². The fraction of sp³-hybridized carbons (Fsp3) is 0.357. The monoisotopic (exact) mass is 338 g/mol. The van der Waals surface area contributed by atoms with Crippen molar-refractivity contribution < 1.29 is 14.6 Å². The normalized spacial score (nSPS) is 18.2. The van der Waals surface area contributed by atoms with Gasteiger partial charge in [0.25, 0.3) is 0 Å². The van der Waals surface area contributed by atoms with Crippen molar-refractivity contribution in [2.75, 3.05) is 26.3 Å². The summed E-state index contributed by atoms with van der Waals surface area (Å²) < 4.78 is 6.25. The van der Waals surface area contributed by atoms with Crippen LogP contribution in [-0.2, 0) is 9.53 Å². The van der Waals surface area contributed by atoms with E-state index < -0.39 is 12.0 Å². The maximum atomic E-state index is 11.7. The Morgan fingerprint density at radius 3 is 2.85 bits per heavy atom. The molecule has 1 aromatic heterocycles. The molecule has 0 amide bonds. The van der Waals surface area contributed by atoms with Gasteiger partial charge in [0, 0.05) is 40.2 Å². The van der Waals surface area contributed by atoms with E-state index in [0.29, 0.717) is 26.3 Å². The number of carbonyl (C=O) groups is 1. The second-order valence-electron chi connectivity index (χ2n) is 4.82. The number of H-pyrrole nitrogens is 1. The lowest BCUT2D eigenvalue weighted by molar-refractivity contribution is -0.145. The largest absolute Gasteiger partial charge is 0.480 e. The van der Waals surface area contributed by atoms with Crippen LogP contribution < -0.4 is 0 Å². The van der Waals surface area contributed by atoms with Crippen LogP contribution >= 0.6 is 15.9 Å². The molecule has 6 heteroatoms. The molecule has 1 aliphatic heterocycles. The molecule has 1 saturated heterocycles. The van der Waals surface area contributed by atoms with Gasteiger partial charge in [-0.05, 0) is 18.2 Å². The summed E-state index contributed by atoms with van der Waals surface area (Å²) in [4.78, 5) is 16.8. The van der Waals surface area contributed by atoms with Gasteiger partial charge in [-0.2, -0.15) is 0 Å². The zero-order chi connectivity index (χ0) is 14.1. The zero-order valence-corrected chi connectivity index (χ0v) is 12.4. The number of hydrogen-bond donors (Lipinski definition) is 2. The molecule has 1 fully saturated rings. The molecule has 106 valence electrons. The molecule has 0 aliphatic carbocycles. The van der Waals surface area contributed by atoms with Gasteiger partial charge in [0.1, 0.15) is 6.04 Å². The standard InChI is InChI=1S/C14H15BrN2O3/c15-9-1-2-12-10(7-9)11(8-16-12)13(14(18)19)17-3-5-20-6-4-17/h1-2,7-8,13,16H,3-6H2,(H,18,19)/t13-/m0/s1. The molecule has 1 atom stereocenters. The Labute approximate surface area is 124 Å². The first-order valence-corrected chi connectivity index (χ1v) is 7.27. The van der Waals surface area contributed by atoms with Crippen molar-refractivity contribution in [3.8, 4) is 0 Å². The Morgan fingerprint density at radius 2 is 2.15 bits per heavy atom. The van der Waals surface area contributed by atoms with Gasteiger partial charge in [-0.3, -0.25) is 9.69 Å². The van der Waals surface area contributed by atoms with Crippen molar-refractivity contribution in [3.05, 3.63) is 34.4 Å². The highest BCUT2D eigenvalue weighted by Gasteiger charge is 2.30. The van der Waals surface area contributed by atoms with Crippen molar-refractivity contribution >= 4 is 32.8 Å². The molecule has 0 radical (unpaired) electrons. The molecule has 0 bridgehead atoms. The molecular weight excluding hydrogens is 324 g/mol. The van der Waals surface area contributed by atoms with Gasteiger partial charge >= 0.3 is 5.97 Å². The van der Waals surface area contributed by atoms with E-state index in [9.17, 15) is 9.90 Å². The summed E-state index contributed by atoms with van der Waals surface area (Å²) >= 11 is 3.44. The molecule has 1 aromatic carbocycles. The Morgan fingerprint density at radius 1 is 1.40 bits per heavy atom. The number of halogens is 1. The smallest absolute Gasteiger partial charge is 0.325 e. The molecule has 0 unspecified atom stereocenters. The summed E-state index contributed by atoms with van der Waals surface area (Å²) in [6, 6.07) is 5.20. The fourth-order valence-electron chi connectivity index (χ4n) is 2.66. The number of nitrogens with zero attached hydrogens (tertiary/aromatic N) is 1. The minimum absolute atomic E-state index is 0.579. The first-order valence-electron chi connectivity index (χ1n) is 6.48. The SMILES string of the molecule is O=C(O)[C@H](c1c[nH]c2ccc(Br)cc12)N1CCOCC1. The van der Waals surface area contributed by atoms with E-state index in [2.05, 4.69) is 20.9 Å². The van der Waals surface area contributed by atoms with Gasteiger partial charge in [-0.25, -0.2) is 0 Å². The average Bonchev–Trinajstić information content (AvgIpc) is 2.83. The van der Waals surface area contributed by atoms with Gasteiger partial charge in [0.05, 0.1) is 13.2 Å². The summed E-state index contributed by atoms with van der Waals surface area (Å²) in [5, 5.41) is 10.6. The third-order valence-electron chi connectivity index (χ3n) is 3.62. The summed E-state index contributed by atoms with van der Waals surface area (Å²) in [5.74, 6) is -0.826. The number of morpholine rings is 1. The average molecular weight is 339 g/mol. The minimum Gasteiger partial charge on any atom is -0.480 e. The third kappa shape index (κ3) is 2.46. The number of aromatic nitrogens is 1. The topological polar surface area (TPSA) is 65.6 Å². The molecule has 1 aliphatic rings. The van der Waals surface area contributed by atoms with Crippen LogP contribution in [-0.4, -0.2) is 47.3 Å². The second-order valence-corrected chi connectivity index (χ2v) is 5.74. The van der Waals surface area contributed by atoms with Crippen molar-refractivity contribution in [3.63, 3.8) is 0 Å². The number of benzene rings is 1. The number of nitrogens with one attached hydrogen (secondary N) is 1. The number of rotatable bonds is 3. The molecule has 3 rings (SSSR count). The van der Waals surface area contributed by atoms with E-state index >= 15 is 0 Å². The Hall–Kier alpha value is -1.37. The number of hydrogen-bond acceptors (Lipinski definition) is 3. The summed E-state index contributed by atoms with van der Waals surface area (Å²) in [6.45, 7) is 2.43. The maximum absolute atomic E-state index is 11.7. The van der Waals surface area contributed by atoms with Crippen LogP contribution in [0.3, 0.4) is 0 Å². The number of fused-ring (bicyclic) bond motifs is 1. The molecule has 20 heavy (non-hydrogen) atoms. The number of ether oxygens (including phenoxy) is 1. The van der Waals surface area contributed by atoms with Crippen LogP contribution in [0.1, 0.15) is 11.6 Å². The van der Waals surface area contributed by atoms with Crippen LogP contribution in [0.4, 0.5) is 0 Å². The van der Waals surface area contributed by atoms with Gasteiger partial charge in [-0.15, -0.1) is 0 Å². The first-order chi connectivity index (χ1) is 9.66. The predicted octanol–water partition coefficient (Wildman–Crippen LogP) is 2.39. The third-order valence-corrected chi connectivity index (χ3v) is 4.11. The lowest BCUT2D eigenvalue weighted by atomic mass is 10.0. The fourth-order valence-corrected chi connectivity index (χ4v) is 3.02. The molecular formula is C14H15BrN2O3. The predicted molar refractivity (Wildman–Crippen MR) is 78.8 cm³/mol. The highest BCUT2D eigenvalue weighted by Crippen LogP contribution is 2.31. The lowest BCUT2D eigenvalue weighted by Crippen LogP contribution is -2.42. The second kappa shape index (κ2) is 5.55. The summed E-state index contributed by atoms with van der Waals surface area (Å²) in [7, 11) is 0. The van der Waals surface area contributed by atoms with Gasteiger partial charge in [0.15, 0.2) is 0 Å². The first kappa shape index (κ1) is 13.6. The van der Waals surface area contributed by atoms with Crippen molar-refractivity contribution in [2.24, 2.45) is 0 Å². The molecule has 2 aromatic rings. The van der Waals surface area contributed by atoms with Crippen LogP contribution in [0.15, 0.2) is 28.9 Å². The minimum atomic E-state index is -0.826. The van der Waals surface area contributed by atoms with Gasteiger partial charge in [0.2, 0.25) is 0 Å². The van der Waals surface area contributed by atoms with E-state index in [1.807, 2.05) is 23.1 Å². The number of carboxylic acid groups (broad SMARTS) is 1. The molecule has 2 N–H and O–H groups in total. The van der Waals surface area contributed by atoms with Crippen molar-refractivity contribution in [1.82, 2.24) is 9.88 Å². The number of carboxylic acids is 1. The van der Waals surface area contributed by atoms with E-state index in [0.717, 1.165) is 20.9 Å². The van der Waals surface area contributed by atoms with E-state index in [1.54, 1.807) is 6.20 Å². The Kier molecular flexibility index (Phi) is 3.78. The Balaban J connectivity index is 2.04. The molecule has 2 heterocycles. The van der Waals surface area contributed by atoms with Gasteiger partial charge in [-0.1, -0.05) is 15.9 Å². The highest BCUT2D eigenvalue weighted by atomic mass is 79.9. The maximum Gasteiger partial charge on any atom is 0.325 e. The number of aliphatic carboxylic acids is 1. The quantitative estimate of drug-likeness (QED) is 0.901.